The van der Waals surface area contributed by atoms with Gasteiger partial charge in [0.05, 0.1) is 5.69 Å². The second-order valence-electron chi connectivity index (χ2n) is 16.0. The molecule has 0 amide bonds. The van der Waals surface area contributed by atoms with Crippen molar-refractivity contribution in [3.05, 3.63) is 237 Å². The lowest BCUT2D eigenvalue weighted by molar-refractivity contribution is 0.670. The highest BCUT2D eigenvalue weighted by atomic mass is 16.3. The van der Waals surface area contributed by atoms with Gasteiger partial charge in [0.1, 0.15) is 11.2 Å². The monoisotopic (exact) mass is 789 g/mol. The minimum atomic E-state index is 0.900. The van der Waals surface area contributed by atoms with E-state index in [1.165, 1.54) is 54.6 Å². The fourth-order valence-corrected chi connectivity index (χ4v) is 9.62. The molecule has 0 aliphatic heterocycles. The molecule has 0 N–H and O–H groups in total. The number of nitrogens with zero attached hydrogens (tertiary/aromatic N) is 1. The van der Waals surface area contributed by atoms with Gasteiger partial charge in [-0.2, -0.15) is 0 Å². The molecule has 12 aromatic rings. The quantitative estimate of drug-likeness (QED) is 0.150. The van der Waals surface area contributed by atoms with Gasteiger partial charge in [0.25, 0.3) is 0 Å². The molecule has 2 nitrogen and oxygen atoms in total. The Morgan fingerprint density at radius 1 is 0.290 bits per heavy atom. The van der Waals surface area contributed by atoms with E-state index in [-0.39, 0.29) is 0 Å². The molecule has 0 fully saturated rings. The normalized spacial score (nSPS) is 11.5. The van der Waals surface area contributed by atoms with Gasteiger partial charge < -0.3 is 9.32 Å². The summed E-state index contributed by atoms with van der Waals surface area (Å²) in [5.74, 6) is 0. The summed E-state index contributed by atoms with van der Waals surface area (Å²) >= 11 is 0. The molecule has 0 bridgehead atoms. The summed E-state index contributed by atoms with van der Waals surface area (Å²) in [6.45, 7) is 0. The topological polar surface area (TPSA) is 16.4 Å². The molecule has 0 saturated heterocycles. The number of anilines is 3. The molecular weight excluding hydrogens is 751 g/mol. The zero-order chi connectivity index (χ0) is 41.0. The molecule has 2 heteroatoms. The molecule has 0 radical (unpaired) electrons. The Bertz CT molecular complexity index is 3630. The van der Waals surface area contributed by atoms with Crippen LogP contribution >= 0.6 is 0 Å². The summed E-state index contributed by atoms with van der Waals surface area (Å²) in [5.41, 5.74) is 14.3. The van der Waals surface area contributed by atoms with E-state index in [0.717, 1.165) is 61.3 Å². The Balaban J connectivity index is 1.06. The van der Waals surface area contributed by atoms with Crippen LogP contribution in [-0.4, -0.2) is 0 Å². The Morgan fingerprint density at radius 3 is 1.76 bits per heavy atom. The maximum Gasteiger partial charge on any atom is 0.143 e. The van der Waals surface area contributed by atoms with Crippen LogP contribution in [0.25, 0.3) is 98.8 Å². The first kappa shape index (κ1) is 35.7. The lowest BCUT2D eigenvalue weighted by Gasteiger charge is -2.29. The second-order valence-corrected chi connectivity index (χ2v) is 16.0. The van der Waals surface area contributed by atoms with E-state index in [4.69, 9.17) is 4.42 Å². The van der Waals surface area contributed by atoms with Crippen molar-refractivity contribution in [3.63, 3.8) is 0 Å². The van der Waals surface area contributed by atoms with Gasteiger partial charge in [-0.05, 0) is 102 Å². The van der Waals surface area contributed by atoms with E-state index < -0.39 is 0 Å². The predicted molar refractivity (Wildman–Crippen MR) is 263 cm³/mol. The van der Waals surface area contributed by atoms with Gasteiger partial charge in [0.15, 0.2) is 0 Å². The molecule has 0 saturated carbocycles. The number of benzene rings is 11. The summed E-state index contributed by atoms with van der Waals surface area (Å²) in [6.07, 6.45) is 0. The second kappa shape index (κ2) is 14.8. The van der Waals surface area contributed by atoms with E-state index in [2.05, 4.69) is 229 Å². The molecule has 0 unspecified atom stereocenters. The van der Waals surface area contributed by atoms with E-state index in [1.807, 2.05) is 12.1 Å². The average Bonchev–Trinajstić information content (AvgIpc) is 3.73. The van der Waals surface area contributed by atoms with Crippen LogP contribution in [0.15, 0.2) is 241 Å². The molecule has 1 aromatic heterocycles. The van der Waals surface area contributed by atoms with Gasteiger partial charge >= 0.3 is 0 Å². The van der Waals surface area contributed by atoms with Crippen LogP contribution < -0.4 is 4.90 Å². The average molecular weight is 790 g/mol. The predicted octanol–water partition coefficient (Wildman–Crippen LogP) is 17.2. The smallest absolute Gasteiger partial charge is 0.143 e. The van der Waals surface area contributed by atoms with E-state index in [9.17, 15) is 0 Å². The maximum absolute atomic E-state index is 6.49. The lowest BCUT2D eigenvalue weighted by atomic mass is 9.90. The fourth-order valence-electron chi connectivity index (χ4n) is 9.62. The number of hydrogen-bond acceptors (Lipinski definition) is 2. The summed E-state index contributed by atoms with van der Waals surface area (Å²) < 4.78 is 6.49. The minimum absolute atomic E-state index is 0.900. The maximum atomic E-state index is 6.49. The van der Waals surface area contributed by atoms with Crippen molar-refractivity contribution in [2.75, 3.05) is 4.90 Å². The molecule has 0 aliphatic rings. The van der Waals surface area contributed by atoms with Crippen molar-refractivity contribution in [2.45, 2.75) is 0 Å². The van der Waals surface area contributed by atoms with Gasteiger partial charge in [-0.15, -0.1) is 0 Å². The van der Waals surface area contributed by atoms with Crippen LogP contribution in [0, 0.1) is 0 Å². The van der Waals surface area contributed by atoms with Gasteiger partial charge in [-0.25, -0.2) is 0 Å². The number of hydrogen-bond donors (Lipinski definition) is 0. The third kappa shape index (κ3) is 5.96. The molecule has 0 spiro atoms. The van der Waals surface area contributed by atoms with Crippen LogP contribution in [0.3, 0.4) is 0 Å². The minimum Gasteiger partial charge on any atom is -0.455 e. The fraction of sp³-hybridized carbons (Fsp3) is 0. The Hall–Kier alpha value is -8.20. The highest BCUT2D eigenvalue weighted by Crippen LogP contribution is 2.46. The molecule has 1 heterocycles. The summed E-state index contributed by atoms with van der Waals surface area (Å²) in [4.78, 5) is 2.43. The van der Waals surface area contributed by atoms with Crippen LogP contribution in [0.2, 0.25) is 0 Å². The first-order valence-corrected chi connectivity index (χ1v) is 21.3. The first-order chi connectivity index (χ1) is 30.8. The van der Waals surface area contributed by atoms with Gasteiger partial charge in [0.2, 0.25) is 0 Å². The van der Waals surface area contributed by atoms with E-state index >= 15 is 0 Å². The van der Waals surface area contributed by atoms with Crippen LogP contribution in [0.1, 0.15) is 0 Å². The zero-order valence-corrected chi connectivity index (χ0v) is 33.9. The summed E-state index contributed by atoms with van der Waals surface area (Å²) in [7, 11) is 0. The summed E-state index contributed by atoms with van der Waals surface area (Å²) in [6, 6.07) is 85.5. The molecule has 62 heavy (non-hydrogen) atoms. The lowest BCUT2D eigenvalue weighted by Crippen LogP contribution is -2.11. The molecule has 290 valence electrons. The summed E-state index contributed by atoms with van der Waals surface area (Å²) in [5, 5.41) is 9.71. The highest BCUT2D eigenvalue weighted by Gasteiger charge is 2.21. The van der Waals surface area contributed by atoms with E-state index in [0.29, 0.717) is 0 Å². The van der Waals surface area contributed by atoms with Crippen molar-refractivity contribution in [2.24, 2.45) is 0 Å². The van der Waals surface area contributed by atoms with Gasteiger partial charge in [-0.3, -0.25) is 0 Å². The Morgan fingerprint density at radius 2 is 0.887 bits per heavy atom. The number of para-hydroxylation sites is 3. The Kier molecular flexibility index (Phi) is 8.53. The van der Waals surface area contributed by atoms with Crippen molar-refractivity contribution >= 4 is 71.3 Å². The Labute approximate surface area is 360 Å². The van der Waals surface area contributed by atoms with Crippen molar-refractivity contribution in [1.82, 2.24) is 0 Å². The van der Waals surface area contributed by atoms with Crippen LogP contribution in [0.4, 0.5) is 17.1 Å². The molecule has 11 aromatic carbocycles. The van der Waals surface area contributed by atoms with Crippen molar-refractivity contribution in [1.29, 1.82) is 0 Å². The highest BCUT2D eigenvalue weighted by molar-refractivity contribution is 6.13. The first-order valence-electron chi connectivity index (χ1n) is 21.3. The molecular formula is C60H39NO. The van der Waals surface area contributed by atoms with Crippen LogP contribution in [-0.2, 0) is 0 Å². The SMILES string of the molecule is c1ccc(-c2cccc3cccc(-c4ccccc4N(c4ccc(-c5cccc6c5oc5ccccc56)cc4)c4cccc(-c5cccc6c5ccc5ccccc56)c4)c23)cc1. The third-order valence-corrected chi connectivity index (χ3v) is 12.5. The molecule has 12 rings (SSSR count). The van der Waals surface area contributed by atoms with Gasteiger partial charge in [0, 0.05) is 33.3 Å². The molecule has 0 atom stereocenters. The third-order valence-electron chi connectivity index (χ3n) is 12.5. The van der Waals surface area contributed by atoms with Crippen LogP contribution in [0.5, 0.6) is 0 Å². The number of fused-ring (bicyclic) bond motifs is 7. The number of furan rings is 1. The van der Waals surface area contributed by atoms with Gasteiger partial charge in [-0.1, -0.05) is 200 Å². The largest absolute Gasteiger partial charge is 0.455 e. The standard InChI is InChI=1S/C60H39NO/c1-2-15-40(16-3-1)49-26-11-18-43-19-12-29-55(59(43)49)53-23-6-8-31-57(53)61(45-36-33-42(34-37-45)50-27-14-30-56-54-24-7-9-32-58(54)62-60(50)56)46-21-10-20-44(39-46)48-25-13-28-51-47-22-5-4-17-41(47)35-38-52(48)51/h1-39H. The number of rotatable bonds is 7. The molecule has 0 aliphatic carbocycles. The van der Waals surface area contributed by atoms with E-state index in [1.54, 1.807) is 0 Å². The zero-order valence-electron chi connectivity index (χ0n) is 33.9. The van der Waals surface area contributed by atoms with Crippen molar-refractivity contribution < 1.29 is 4.42 Å². The van der Waals surface area contributed by atoms with Crippen molar-refractivity contribution in [3.8, 4) is 44.5 Å².